The normalized spacial score (nSPS) is 21.2. The van der Waals surface area contributed by atoms with Gasteiger partial charge in [0.1, 0.15) is 0 Å². The van der Waals surface area contributed by atoms with E-state index in [2.05, 4.69) is 23.0 Å². The van der Waals surface area contributed by atoms with Crippen molar-refractivity contribution in [2.45, 2.75) is 52.2 Å². The van der Waals surface area contributed by atoms with Crippen molar-refractivity contribution in [3.8, 4) is 0 Å². The highest BCUT2D eigenvalue weighted by atomic mass is 32.1. The largest absolute Gasteiger partial charge is 0.301 e. The molecule has 2 atom stereocenters. The molecule has 1 N–H and O–H groups in total. The zero-order chi connectivity index (χ0) is 14.0. The maximum atomic E-state index is 12.2. The highest BCUT2D eigenvalue weighted by Gasteiger charge is 2.40. The first-order valence-corrected chi connectivity index (χ1v) is 7.59. The molecule has 1 saturated heterocycles. The SMILES string of the molecule is CCC(C)N1C(=O)CC(NCc2cscc2C)C1=O. The van der Waals surface area contributed by atoms with Crippen LogP contribution in [0.5, 0.6) is 0 Å². The summed E-state index contributed by atoms with van der Waals surface area (Å²) in [5.74, 6) is -0.133. The van der Waals surface area contributed by atoms with Gasteiger partial charge in [0.25, 0.3) is 0 Å². The molecule has 4 nitrogen and oxygen atoms in total. The summed E-state index contributed by atoms with van der Waals surface area (Å²) >= 11 is 1.66. The Morgan fingerprint density at radius 1 is 1.47 bits per heavy atom. The highest BCUT2D eigenvalue weighted by molar-refractivity contribution is 7.08. The van der Waals surface area contributed by atoms with Gasteiger partial charge in [-0.05, 0) is 42.2 Å². The molecule has 1 aromatic rings. The molecule has 0 bridgehead atoms. The maximum Gasteiger partial charge on any atom is 0.247 e. The van der Waals surface area contributed by atoms with E-state index in [1.54, 1.807) is 11.3 Å². The van der Waals surface area contributed by atoms with Crippen LogP contribution in [0.2, 0.25) is 0 Å². The van der Waals surface area contributed by atoms with Crippen LogP contribution in [0.15, 0.2) is 10.8 Å². The molecule has 2 unspecified atom stereocenters. The molecule has 0 radical (unpaired) electrons. The fourth-order valence-corrected chi connectivity index (χ4v) is 3.11. The van der Waals surface area contributed by atoms with Crippen molar-refractivity contribution in [2.24, 2.45) is 0 Å². The summed E-state index contributed by atoms with van der Waals surface area (Å²) in [6.45, 7) is 6.61. The van der Waals surface area contributed by atoms with E-state index in [1.165, 1.54) is 16.0 Å². The molecule has 1 aliphatic heterocycles. The van der Waals surface area contributed by atoms with E-state index in [1.807, 2.05) is 13.8 Å². The van der Waals surface area contributed by atoms with Crippen LogP contribution in [0.4, 0.5) is 0 Å². The van der Waals surface area contributed by atoms with Gasteiger partial charge < -0.3 is 5.32 Å². The van der Waals surface area contributed by atoms with Crippen LogP contribution in [0.1, 0.15) is 37.8 Å². The first kappa shape index (κ1) is 14.2. The second-order valence-corrected chi connectivity index (χ2v) is 5.82. The highest BCUT2D eigenvalue weighted by Crippen LogP contribution is 2.19. The summed E-state index contributed by atoms with van der Waals surface area (Å²) in [4.78, 5) is 25.5. The third-order valence-corrected chi connectivity index (χ3v) is 4.63. The van der Waals surface area contributed by atoms with E-state index in [-0.39, 0.29) is 30.3 Å². The lowest BCUT2D eigenvalue weighted by atomic mass is 10.2. The topological polar surface area (TPSA) is 49.4 Å². The van der Waals surface area contributed by atoms with E-state index in [0.717, 1.165) is 6.42 Å². The first-order chi connectivity index (χ1) is 9.04. The number of nitrogens with zero attached hydrogens (tertiary/aromatic N) is 1. The van der Waals surface area contributed by atoms with Gasteiger partial charge in [0.15, 0.2) is 0 Å². The van der Waals surface area contributed by atoms with E-state index >= 15 is 0 Å². The Bertz CT molecular complexity index is 484. The van der Waals surface area contributed by atoms with Gasteiger partial charge in [-0.1, -0.05) is 6.92 Å². The number of carbonyl (C=O) groups excluding carboxylic acids is 2. The summed E-state index contributed by atoms with van der Waals surface area (Å²) in [5.41, 5.74) is 2.43. The van der Waals surface area contributed by atoms with Crippen molar-refractivity contribution in [3.05, 3.63) is 21.9 Å². The van der Waals surface area contributed by atoms with E-state index in [0.29, 0.717) is 6.54 Å². The van der Waals surface area contributed by atoms with E-state index < -0.39 is 0 Å². The molecule has 5 heteroatoms. The number of imide groups is 1. The number of nitrogens with one attached hydrogen (secondary N) is 1. The molecule has 2 amide bonds. The van der Waals surface area contributed by atoms with Crippen LogP contribution >= 0.6 is 11.3 Å². The van der Waals surface area contributed by atoms with Gasteiger partial charge in [-0.15, -0.1) is 0 Å². The van der Waals surface area contributed by atoms with Gasteiger partial charge in [0.05, 0.1) is 12.5 Å². The number of hydrogen-bond acceptors (Lipinski definition) is 4. The standard InChI is InChI=1S/C14H20N2O2S/c1-4-10(3)16-13(17)5-12(14(16)18)15-6-11-8-19-7-9(11)2/h7-8,10,12,15H,4-6H2,1-3H3. The Labute approximate surface area is 117 Å². The third kappa shape index (κ3) is 2.87. The predicted molar refractivity (Wildman–Crippen MR) is 75.9 cm³/mol. The molecule has 0 saturated carbocycles. The third-order valence-electron chi connectivity index (χ3n) is 3.72. The van der Waals surface area contributed by atoms with Crippen LogP contribution in [-0.2, 0) is 16.1 Å². The number of carbonyl (C=O) groups is 2. The second kappa shape index (κ2) is 5.84. The lowest BCUT2D eigenvalue weighted by Crippen LogP contribution is -2.42. The van der Waals surface area contributed by atoms with Crippen LogP contribution in [0.25, 0.3) is 0 Å². The molecule has 2 rings (SSSR count). The van der Waals surface area contributed by atoms with Gasteiger partial charge in [0, 0.05) is 12.6 Å². The van der Waals surface area contributed by atoms with Crippen molar-refractivity contribution in [3.63, 3.8) is 0 Å². The number of likely N-dealkylation sites (tertiary alicyclic amines) is 1. The smallest absolute Gasteiger partial charge is 0.247 e. The van der Waals surface area contributed by atoms with Crippen LogP contribution < -0.4 is 5.32 Å². The second-order valence-electron chi connectivity index (χ2n) is 5.08. The molecule has 0 aromatic carbocycles. The number of thiophene rings is 1. The van der Waals surface area contributed by atoms with Crippen LogP contribution in [0.3, 0.4) is 0 Å². The summed E-state index contributed by atoms with van der Waals surface area (Å²) in [7, 11) is 0. The lowest BCUT2D eigenvalue weighted by molar-refractivity contribution is -0.141. The van der Waals surface area contributed by atoms with Gasteiger partial charge in [-0.2, -0.15) is 11.3 Å². The fraction of sp³-hybridized carbons (Fsp3) is 0.571. The quantitative estimate of drug-likeness (QED) is 0.840. The van der Waals surface area contributed by atoms with Gasteiger partial charge in [0.2, 0.25) is 11.8 Å². The molecule has 1 aliphatic rings. The van der Waals surface area contributed by atoms with Crippen molar-refractivity contribution in [1.82, 2.24) is 10.2 Å². The molecule has 1 aromatic heterocycles. The fourth-order valence-electron chi connectivity index (χ4n) is 2.26. The van der Waals surface area contributed by atoms with Crippen LogP contribution in [-0.4, -0.2) is 28.8 Å². The zero-order valence-corrected chi connectivity index (χ0v) is 12.4. The monoisotopic (exact) mass is 280 g/mol. The minimum atomic E-state index is -0.360. The number of hydrogen-bond donors (Lipinski definition) is 1. The Morgan fingerprint density at radius 3 is 2.79 bits per heavy atom. The first-order valence-electron chi connectivity index (χ1n) is 6.65. The van der Waals surface area contributed by atoms with Crippen LogP contribution in [0, 0.1) is 6.92 Å². The zero-order valence-electron chi connectivity index (χ0n) is 11.6. The predicted octanol–water partition coefficient (Wildman–Crippen LogP) is 2.07. The number of aryl methyl sites for hydroxylation is 1. The average Bonchev–Trinajstić information content (AvgIpc) is 2.90. The van der Waals surface area contributed by atoms with Gasteiger partial charge in [-0.3, -0.25) is 14.5 Å². The van der Waals surface area contributed by atoms with Crippen molar-refractivity contribution < 1.29 is 9.59 Å². The number of rotatable bonds is 5. The molecule has 0 spiro atoms. The Morgan fingerprint density at radius 2 is 2.21 bits per heavy atom. The molecule has 19 heavy (non-hydrogen) atoms. The molecular formula is C14H20N2O2S. The summed E-state index contributed by atoms with van der Waals surface area (Å²) in [5, 5.41) is 7.38. The lowest BCUT2D eigenvalue weighted by Gasteiger charge is -2.21. The summed E-state index contributed by atoms with van der Waals surface area (Å²) < 4.78 is 0. The Kier molecular flexibility index (Phi) is 4.37. The van der Waals surface area contributed by atoms with E-state index in [4.69, 9.17) is 0 Å². The molecule has 1 fully saturated rings. The minimum Gasteiger partial charge on any atom is -0.301 e. The van der Waals surface area contributed by atoms with Crippen molar-refractivity contribution in [2.75, 3.05) is 0 Å². The van der Waals surface area contributed by atoms with E-state index in [9.17, 15) is 9.59 Å². The Hall–Kier alpha value is -1.20. The van der Waals surface area contributed by atoms with Gasteiger partial charge >= 0.3 is 0 Å². The Balaban J connectivity index is 1.98. The molecule has 2 heterocycles. The maximum absolute atomic E-state index is 12.2. The summed E-state index contributed by atoms with van der Waals surface area (Å²) in [6, 6.07) is -0.365. The number of amides is 2. The van der Waals surface area contributed by atoms with Crippen molar-refractivity contribution in [1.29, 1.82) is 0 Å². The molecule has 0 aliphatic carbocycles. The minimum absolute atomic E-state index is 0.00492. The molecule has 104 valence electrons. The molecular weight excluding hydrogens is 260 g/mol. The van der Waals surface area contributed by atoms with Gasteiger partial charge in [-0.25, -0.2) is 0 Å². The summed E-state index contributed by atoms with van der Waals surface area (Å²) in [6.07, 6.45) is 1.08. The van der Waals surface area contributed by atoms with Crippen molar-refractivity contribution >= 4 is 23.2 Å². The average molecular weight is 280 g/mol.